The number of hydrogen-bond donors (Lipinski definition) is 0. The van der Waals surface area contributed by atoms with Gasteiger partial charge in [0.2, 0.25) is 0 Å². The zero-order chi connectivity index (χ0) is 11.2. The lowest BCUT2D eigenvalue weighted by Crippen LogP contribution is -2.28. The van der Waals surface area contributed by atoms with Gasteiger partial charge in [0.15, 0.2) is 5.78 Å². The minimum absolute atomic E-state index is 0.00801. The molecule has 0 bridgehead atoms. The highest BCUT2D eigenvalue weighted by molar-refractivity contribution is 6.15. The summed E-state index contributed by atoms with van der Waals surface area (Å²) in [5.41, 5.74) is 2.97. The molecule has 1 aromatic carbocycles. The Morgan fingerprint density at radius 2 is 1.75 bits per heavy atom. The van der Waals surface area contributed by atoms with Gasteiger partial charge in [-0.25, -0.2) is 0 Å². The average molecular weight is 212 g/mol. The topological polar surface area (TPSA) is 17.1 Å². The van der Waals surface area contributed by atoms with Crippen molar-refractivity contribution in [2.45, 2.75) is 37.5 Å². The molecule has 0 saturated heterocycles. The van der Waals surface area contributed by atoms with E-state index in [2.05, 4.69) is 12.6 Å². The maximum Gasteiger partial charge on any atom is 0.189 e. The first kappa shape index (κ1) is 9.83. The van der Waals surface area contributed by atoms with E-state index in [4.69, 9.17) is 0 Å². The Hall–Kier alpha value is -1.37. The van der Waals surface area contributed by atoms with Crippen molar-refractivity contribution in [2.75, 3.05) is 0 Å². The molecule has 2 aliphatic rings. The summed E-state index contributed by atoms with van der Waals surface area (Å²) >= 11 is 0. The lowest BCUT2D eigenvalue weighted by atomic mass is 9.68. The predicted octanol–water partition coefficient (Wildman–Crippen LogP) is 3.64. The van der Waals surface area contributed by atoms with Crippen LogP contribution in [0.3, 0.4) is 0 Å². The number of carbonyl (C=O) groups is 1. The van der Waals surface area contributed by atoms with E-state index in [0.29, 0.717) is 0 Å². The first-order valence-electron chi connectivity index (χ1n) is 6.09. The van der Waals surface area contributed by atoms with Crippen molar-refractivity contribution >= 4 is 5.78 Å². The molecule has 1 spiro atoms. The van der Waals surface area contributed by atoms with E-state index >= 15 is 0 Å². The third-order valence-corrected chi connectivity index (χ3v) is 4.25. The van der Waals surface area contributed by atoms with Crippen molar-refractivity contribution in [1.82, 2.24) is 0 Å². The van der Waals surface area contributed by atoms with E-state index in [-0.39, 0.29) is 11.2 Å². The molecule has 1 fully saturated rings. The number of allylic oxidation sites excluding steroid dienone is 1. The van der Waals surface area contributed by atoms with Gasteiger partial charge in [0.1, 0.15) is 0 Å². The molecule has 0 unspecified atom stereocenters. The Morgan fingerprint density at radius 1 is 1.06 bits per heavy atom. The summed E-state index contributed by atoms with van der Waals surface area (Å²) in [6, 6.07) is 8.07. The summed E-state index contributed by atoms with van der Waals surface area (Å²) in [4.78, 5) is 12.2. The maximum atomic E-state index is 12.2. The van der Waals surface area contributed by atoms with Gasteiger partial charge in [-0.05, 0) is 18.4 Å². The monoisotopic (exact) mass is 212 g/mol. The van der Waals surface area contributed by atoms with Crippen LogP contribution in [0.25, 0.3) is 0 Å². The van der Waals surface area contributed by atoms with E-state index in [9.17, 15) is 4.79 Å². The second-order valence-electron chi connectivity index (χ2n) is 5.00. The molecular weight excluding hydrogens is 196 g/mol. The number of Topliss-reactive ketones (excluding diaryl/α,β-unsaturated/α-hetero) is 1. The average Bonchev–Trinajstić information content (AvgIpc) is 2.55. The molecule has 2 aliphatic carbocycles. The number of benzene rings is 1. The first-order chi connectivity index (χ1) is 7.76. The van der Waals surface area contributed by atoms with Crippen molar-refractivity contribution in [1.29, 1.82) is 0 Å². The summed E-state index contributed by atoms with van der Waals surface area (Å²) in [6.07, 6.45) is 5.95. The van der Waals surface area contributed by atoms with Gasteiger partial charge in [-0.1, -0.05) is 50.1 Å². The van der Waals surface area contributed by atoms with Gasteiger partial charge in [0, 0.05) is 16.6 Å². The van der Waals surface area contributed by atoms with Gasteiger partial charge in [-0.2, -0.15) is 0 Å². The van der Waals surface area contributed by atoms with Gasteiger partial charge in [-0.3, -0.25) is 4.79 Å². The van der Waals surface area contributed by atoms with Gasteiger partial charge < -0.3 is 0 Å². The van der Waals surface area contributed by atoms with Crippen LogP contribution in [0.5, 0.6) is 0 Å². The minimum atomic E-state index is -0.00801. The van der Waals surface area contributed by atoms with Crippen LogP contribution in [-0.4, -0.2) is 5.78 Å². The van der Waals surface area contributed by atoms with Crippen LogP contribution in [-0.2, 0) is 5.41 Å². The van der Waals surface area contributed by atoms with E-state index in [1.54, 1.807) is 0 Å². The third kappa shape index (κ3) is 1.09. The molecule has 0 aromatic heterocycles. The Kier molecular flexibility index (Phi) is 2.03. The second-order valence-corrected chi connectivity index (χ2v) is 5.00. The lowest BCUT2D eigenvalue weighted by molar-refractivity contribution is 0.102. The fourth-order valence-corrected chi connectivity index (χ4v) is 3.37. The zero-order valence-electron chi connectivity index (χ0n) is 9.46. The Morgan fingerprint density at radius 3 is 2.50 bits per heavy atom. The molecule has 0 heterocycles. The zero-order valence-corrected chi connectivity index (χ0v) is 9.46. The van der Waals surface area contributed by atoms with Crippen LogP contribution in [0.2, 0.25) is 0 Å². The van der Waals surface area contributed by atoms with Crippen molar-refractivity contribution in [3.63, 3.8) is 0 Å². The van der Waals surface area contributed by atoms with Crippen LogP contribution in [0.4, 0.5) is 0 Å². The standard InChI is InChI=1S/C15H16O/c1-11-14(16)12-7-3-4-8-13(12)15(11)9-5-2-6-10-15/h3-4,7-8H,1-2,5-6,9-10H2. The molecule has 3 rings (SSSR count). The summed E-state index contributed by atoms with van der Waals surface area (Å²) in [5, 5.41) is 0. The fourth-order valence-electron chi connectivity index (χ4n) is 3.37. The number of ketones is 1. The number of rotatable bonds is 0. The molecule has 0 N–H and O–H groups in total. The highest BCUT2D eigenvalue weighted by Gasteiger charge is 2.46. The fraction of sp³-hybridized carbons (Fsp3) is 0.400. The summed E-state index contributed by atoms with van der Waals surface area (Å²) in [7, 11) is 0. The van der Waals surface area contributed by atoms with Crippen molar-refractivity contribution in [3.8, 4) is 0 Å². The normalized spacial score (nSPS) is 22.5. The predicted molar refractivity (Wildman–Crippen MR) is 64.7 cm³/mol. The molecule has 0 radical (unpaired) electrons. The summed E-state index contributed by atoms with van der Waals surface area (Å²) in [5.74, 6) is 0.178. The summed E-state index contributed by atoms with van der Waals surface area (Å²) in [6.45, 7) is 4.08. The lowest BCUT2D eigenvalue weighted by Gasteiger charge is -2.34. The molecule has 1 nitrogen and oxygen atoms in total. The largest absolute Gasteiger partial charge is 0.289 e. The highest BCUT2D eigenvalue weighted by Crippen LogP contribution is 2.50. The van der Waals surface area contributed by atoms with Crippen molar-refractivity contribution in [3.05, 3.63) is 47.5 Å². The molecule has 0 atom stereocenters. The quantitative estimate of drug-likeness (QED) is 0.600. The van der Waals surface area contributed by atoms with Crippen molar-refractivity contribution < 1.29 is 4.79 Å². The van der Waals surface area contributed by atoms with E-state index in [1.807, 2.05) is 18.2 Å². The maximum absolute atomic E-state index is 12.2. The van der Waals surface area contributed by atoms with E-state index < -0.39 is 0 Å². The minimum Gasteiger partial charge on any atom is -0.289 e. The Labute approximate surface area is 96.2 Å². The smallest absolute Gasteiger partial charge is 0.189 e. The Bertz CT molecular complexity index is 464. The van der Waals surface area contributed by atoms with Crippen LogP contribution in [0, 0.1) is 0 Å². The van der Waals surface area contributed by atoms with Crippen LogP contribution < -0.4 is 0 Å². The Balaban J connectivity index is 2.19. The van der Waals surface area contributed by atoms with Gasteiger partial charge >= 0.3 is 0 Å². The second kappa shape index (κ2) is 3.31. The molecule has 1 aromatic rings. The molecule has 82 valence electrons. The van der Waals surface area contributed by atoms with Gasteiger partial charge in [0.05, 0.1) is 0 Å². The van der Waals surface area contributed by atoms with E-state index in [1.165, 1.54) is 24.8 Å². The van der Waals surface area contributed by atoms with Gasteiger partial charge in [0.25, 0.3) is 0 Å². The van der Waals surface area contributed by atoms with Crippen molar-refractivity contribution in [2.24, 2.45) is 0 Å². The van der Waals surface area contributed by atoms with Gasteiger partial charge in [-0.15, -0.1) is 0 Å². The number of carbonyl (C=O) groups excluding carboxylic acids is 1. The SMILES string of the molecule is C=C1C(=O)c2ccccc2C12CCCCC2. The number of fused-ring (bicyclic) bond motifs is 2. The highest BCUT2D eigenvalue weighted by atomic mass is 16.1. The molecule has 16 heavy (non-hydrogen) atoms. The van der Waals surface area contributed by atoms with E-state index in [0.717, 1.165) is 24.0 Å². The molecule has 1 saturated carbocycles. The molecule has 1 heteroatoms. The van der Waals surface area contributed by atoms with Crippen LogP contribution in [0.15, 0.2) is 36.4 Å². The molecule has 0 aliphatic heterocycles. The first-order valence-corrected chi connectivity index (χ1v) is 6.09. The third-order valence-electron chi connectivity index (χ3n) is 4.25. The summed E-state index contributed by atoms with van der Waals surface area (Å²) < 4.78 is 0. The van der Waals surface area contributed by atoms with Crippen LogP contribution in [0.1, 0.15) is 48.0 Å². The van der Waals surface area contributed by atoms with Crippen LogP contribution >= 0.6 is 0 Å². The number of hydrogen-bond acceptors (Lipinski definition) is 1. The molecule has 0 amide bonds. The molecular formula is C15H16O.